The topological polar surface area (TPSA) is 68.7 Å². The lowest BCUT2D eigenvalue weighted by molar-refractivity contribution is -0.136. The van der Waals surface area contributed by atoms with E-state index in [9.17, 15) is 4.79 Å². The molecule has 5 nitrogen and oxygen atoms in total. The van der Waals surface area contributed by atoms with Gasteiger partial charge in [0.05, 0.1) is 31.4 Å². The Bertz CT molecular complexity index is 624. The van der Waals surface area contributed by atoms with Crippen molar-refractivity contribution < 1.29 is 19.4 Å². The minimum Gasteiger partial charge on any atom is -0.493 e. The Morgan fingerprint density at radius 1 is 1.43 bits per heavy atom. The van der Waals surface area contributed by atoms with Crippen molar-refractivity contribution in [2.24, 2.45) is 0 Å². The number of methoxy groups -OCH3 is 1. The molecule has 0 unspecified atom stereocenters. The van der Waals surface area contributed by atoms with Gasteiger partial charge in [0, 0.05) is 5.38 Å². The summed E-state index contributed by atoms with van der Waals surface area (Å²) in [5.74, 6) is 0.411. The maximum atomic E-state index is 10.7. The summed E-state index contributed by atoms with van der Waals surface area (Å²) in [5, 5.41) is 11.3. The number of ether oxygens (including phenoxy) is 2. The fourth-order valence-corrected chi connectivity index (χ4v) is 2.71. The summed E-state index contributed by atoms with van der Waals surface area (Å²) >= 11 is 1.40. The van der Waals surface area contributed by atoms with E-state index in [4.69, 9.17) is 14.6 Å². The molecule has 2 rings (SSSR count). The molecule has 2 aromatic rings. The van der Waals surface area contributed by atoms with E-state index < -0.39 is 5.97 Å². The molecule has 0 amide bonds. The van der Waals surface area contributed by atoms with Crippen molar-refractivity contribution in [3.05, 3.63) is 29.3 Å². The van der Waals surface area contributed by atoms with Gasteiger partial charge in [0.25, 0.3) is 0 Å². The van der Waals surface area contributed by atoms with Gasteiger partial charge in [-0.05, 0) is 18.6 Å². The second kappa shape index (κ2) is 7.08. The Kier molecular flexibility index (Phi) is 5.16. The smallest absolute Gasteiger partial charge is 0.309 e. The molecule has 112 valence electrons. The van der Waals surface area contributed by atoms with Gasteiger partial charge in [0.15, 0.2) is 11.5 Å². The summed E-state index contributed by atoms with van der Waals surface area (Å²) in [6.07, 6.45) is 0.811. The van der Waals surface area contributed by atoms with Crippen LogP contribution in [0.3, 0.4) is 0 Å². The van der Waals surface area contributed by atoms with Crippen LogP contribution in [-0.2, 0) is 11.2 Å². The van der Waals surface area contributed by atoms with Crippen LogP contribution in [0.5, 0.6) is 11.5 Å². The Hall–Kier alpha value is -2.08. The Labute approximate surface area is 127 Å². The van der Waals surface area contributed by atoms with Gasteiger partial charge in [-0.1, -0.05) is 13.0 Å². The number of benzene rings is 1. The van der Waals surface area contributed by atoms with Gasteiger partial charge in [-0.15, -0.1) is 11.3 Å². The first-order chi connectivity index (χ1) is 10.2. The zero-order valence-electron chi connectivity index (χ0n) is 12.0. The lowest BCUT2D eigenvalue weighted by Crippen LogP contribution is -2.01. The number of thiazole rings is 1. The fourth-order valence-electron chi connectivity index (χ4n) is 1.86. The minimum absolute atomic E-state index is 0.0778. The third kappa shape index (κ3) is 3.72. The zero-order chi connectivity index (χ0) is 15.2. The average Bonchev–Trinajstić information content (AvgIpc) is 2.92. The van der Waals surface area contributed by atoms with E-state index in [0.717, 1.165) is 17.0 Å². The largest absolute Gasteiger partial charge is 0.493 e. The standard InChI is InChI=1S/C15H17NO4S/c1-3-7-20-14-11(5-4-6-12(14)19-2)15-16-10(9-21-15)8-13(17)18/h4-6,9H,3,7-8H2,1-2H3,(H,17,18). The minimum atomic E-state index is -0.889. The van der Waals surface area contributed by atoms with Crippen LogP contribution < -0.4 is 9.47 Å². The summed E-state index contributed by atoms with van der Waals surface area (Å²) in [5.41, 5.74) is 1.37. The molecule has 0 aliphatic rings. The molecule has 0 saturated carbocycles. The first-order valence-electron chi connectivity index (χ1n) is 6.62. The molecule has 0 atom stereocenters. The first kappa shape index (κ1) is 15.3. The van der Waals surface area contributed by atoms with E-state index in [1.807, 2.05) is 25.1 Å². The van der Waals surface area contributed by atoms with Gasteiger partial charge >= 0.3 is 5.97 Å². The van der Waals surface area contributed by atoms with E-state index in [-0.39, 0.29) is 6.42 Å². The van der Waals surface area contributed by atoms with Crippen molar-refractivity contribution in [2.45, 2.75) is 19.8 Å². The highest BCUT2D eigenvalue weighted by Crippen LogP contribution is 2.39. The van der Waals surface area contributed by atoms with E-state index in [0.29, 0.717) is 23.8 Å². The Morgan fingerprint density at radius 2 is 2.24 bits per heavy atom. The molecule has 0 saturated heterocycles. The summed E-state index contributed by atoms with van der Waals surface area (Å²) in [7, 11) is 1.59. The summed E-state index contributed by atoms with van der Waals surface area (Å²) in [6.45, 7) is 2.62. The van der Waals surface area contributed by atoms with Gasteiger partial charge in [-0.3, -0.25) is 4.79 Å². The highest BCUT2D eigenvalue weighted by Gasteiger charge is 2.16. The third-order valence-electron chi connectivity index (χ3n) is 2.76. The van der Waals surface area contributed by atoms with Gasteiger partial charge in [-0.2, -0.15) is 0 Å². The monoisotopic (exact) mass is 307 g/mol. The van der Waals surface area contributed by atoms with Gasteiger partial charge in [-0.25, -0.2) is 4.98 Å². The molecule has 0 radical (unpaired) electrons. The molecule has 0 aliphatic carbocycles. The Morgan fingerprint density at radius 3 is 2.90 bits per heavy atom. The maximum Gasteiger partial charge on any atom is 0.309 e. The van der Waals surface area contributed by atoms with Crippen LogP contribution in [0.1, 0.15) is 19.0 Å². The van der Waals surface area contributed by atoms with Crippen molar-refractivity contribution in [3.63, 3.8) is 0 Å². The number of para-hydroxylation sites is 1. The molecule has 1 aromatic carbocycles. The molecular weight excluding hydrogens is 290 g/mol. The summed E-state index contributed by atoms with van der Waals surface area (Å²) < 4.78 is 11.1. The van der Waals surface area contributed by atoms with Crippen LogP contribution in [0.25, 0.3) is 10.6 Å². The maximum absolute atomic E-state index is 10.7. The van der Waals surface area contributed by atoms with Crippen molar-refractivity contribution in [1.82, 2.24) is 4.98 Å². The lowest BCUT2D eigenvalue weighted by Gasteiger charge is -2.13. The number of hydrogen-bond donors (Lipinski definition) is 1. The summed E-state index contributed by atoms with van der Waals surface area (Å²) in [4.78, 5) is 15.1. The van der Waals surface area contributed by atoms with E-state index in [1.165, 1.54) is 11.3 Å². The molecule has 21 heavy (non-hydrogen) atoms. The number of nitrogens with zero attached hydrogens (tertiary/aromatic N) is 1. The first-order valence-corrected chi connectivity index (χ1v) is 7.50. The highest BCUT2D eigenvalue weighted by atomic mass is 32.1. The number of aliphatic carboxylic acids is 1. The molecular formula is C15H17NO4S. The van der Waals surface area contributed by atoms with Crippen molar-refractivity contribution >= 4 is 17.3 Å². The zero-order valence-corrected chi connectivity index (χ0v) is 12.8. The number of carbonyl (C=O) groups is 1. The predicted molar refractivity (Wildman–Crippen MR) is 81.2 cm³/mol. The molecule has 1 aromatic heterocycles. The van der Waals surface area contributed by atoms with Crippen LogP contribution in [-0.4, -0.2) is 29.8 Å². The van der Waals surface area contributed by atoms with Crippen LogP contribution in [0.4, 0.5) is 0 Å². The van der Waals surface area contributed by atoms with Crippen molar-refractivity contribution in [1.29, 1.82) is 0 Å². The van der Waals surface area contributed by atoms with Crippen LogP contribution in [0, 0.1) is 0 Å². The summed E-state index contributed by atoms with van der Waals surface area (Å²) in [6, 6.07) is 5.60. The number of hydrogen-bond acceptors (Lipinski definition) is 5. The molecule has 0 aliphatic heterocycles. The van der Waals surface area contributed by atoms with Gasteiger partial charge < -0.3 is 14.6 Å². The quantitative estimate of drug-likeness (QED) is 0.850. The second-order valence-electron chi connectivity index (χ2n) is 4.40. The number of carboxylic acid groups (broad SMARTS) is 1. The Balaban J connectivity index is 2.37. The fraction of sp³-hybridized carbons (Fsp3) is 0.333. The molecule has 1 heterocycles. The van der Waals surface area contributed by atoms with Crippen molar-refractivity contribution in [2.75, 3.05) is 13.7 Å². The molecule has 6 heteroatoms. The molecule has 1 N–H and O–H groups in total. The van der Waals surface area contributed by atoms with Crippen LogP contribution in [0.2, 0.25) is 0 Å². The highest BCUT2D eigenvalue weighted by molar-refractivity contribution is 7.13. The number of aromatic nitrogens is 1. The van der Waals surface area contributed by atoms with E-state index in [2.05, 4.69) is 4.98 Å². The number of rotatable bonds is 7. The SMILES string of the molecule is CCCOc1c(OC)cccc1-c1nc(CC(=O)O)cs1. The normalized spacial score (nSPS) is 10.4. The molecule has 0 bridgehead atoms. The molecule has 0 fully saturated rings. The third-order valence-corrected chi connectivity index (χ3v) is 3.69. The van der Waals surface area contributed by atoms with Crippen molar-refractivity contribution in [3.8, 4) is 22.1 Å². The number of carboxylic acids is 1. The average molecular weight is 307 g/mol. The van der Waals surface area contributed by atoms with Crippen LogP contribution in [0.15, 0.2) is 23.6 Å². The van der Waals surface area contributed by atoms with Crippen LogP contribution >= 0.6 is 11.3 Å². The van der Waals surface area contributed by atoms with Gasteiger partial charge in [0.1, 0.15) is 5.01 Å². The van der Waals surface area contributed by atoms with Gasteiger partial charge in [0.2, 0.25) is 0 Å². The molecule has 0 spiro atoms. The second-order valence-corrected chi connectivity index (χ2v) is 5.26. The van der Waals surface area contributed by atoms with E-state index >= 15 is 0 Å². The lowest BCUT2D eigenvalue weighted by atomic mass is 10.2. The van der Waals surface area contributed by atoms with E-state index in [1.54, 1.807) is 12.5 Å². The predicted octanol–water partition coefficient (Wildman–Crippen LogP) is 3.23.